The molecule has 0 heterocycles. The third-order valence-corrected chi connectivity index (χ3v) is 6.68. The molecule has 4 rings (SSSR count). The summed E-state index contributed by atoms with van der Waals surface area (Å²) in [5.41, 5.74) is -1.45. The van der Waals surface area contributed by atoms with Crippen LogP contribution in [0.5, 0.6) is 5.75 Å². The summed E-state index contributed by atoms with van der Waals surface area (Å²) in [6.07, 6.45) is 0.453. The fourth-order valence-electron chi connectivity index (χ4n) is 4.61. The van der Waals surface area contributed by atoms with Crippen molar-refractivity contribution in [2.45, 2.75) is 51.6 Å². The third kappa shape index (κ3) is 5.09. The van der Waals surface area contributed by atoms with Gasteiger partial charge in [0.1, 0.15) is 17.1 Å². The van der Waals surface area contributed by atoms with Gasteiger partial charge in [-0.3, -0.25) is 0 Å². The van der Waals surface area contributed by atoms with Crippen molar-refractivity contribution in [1.29, 1.82) is 0 Å². The van der Waals surface area contributed by atoms with Gasteiger partial charge >= 0.3 is 6.11 Å². The zero-order chi connectivity index (χ0) is 25.5. The highest BCUT2D eigenvalue weighted by atomic mass is 19.3. The summed E-state index contributed by atoms with van der Waals surface area (Å²) in [6, 6.07) is 3.13. The average molecular weight is 502 g/mol. The quantitative estimate of drug-likeness (QED) is 0.242. The fraction of sp³-hybridized carbons (Fsp3) is 0.385. The maximum atomic E-state index is 14.7. The van der Waals surface area contributed by atoms with Crippen LogP contribution in [0.4, 0.5) is 35.1 Å². The van der Waals surface area contributed by atoms with E-state index in [2.05, 4.69) is 11.7 Å². The van der Waals surface area contributed by atoms with Gasteiger partial charge in [0, 0.05) is 6.07 Å². The van der Waals surface area contributed by atoms with Gasteiger partial charge in [-0.05, 0) is 53.8 Å². The molecule has 1 aliphatic carbocycles. The van der Waals surface area contributed by atoms with E-state index in [1.54, 1.807) is 0 Å². The first kappa shape index (κ1) is 25.3. The summed E-state index contributed by atoms with van der Waals surface area (Å²) in [7, 11) is 0. The summed E-state index contributed by atoms with van der Waals surface area (Å²) in [6.45, 7) is 2.16. The zero-order valence-corrected chi connectivity index (χ0v) is 18.7. The minimum Gasteiger partial charge on any atom is -0.429 e. The molecule has 3 aromatic rings. The molecule has 0 aromatic heterocycles. The lowest BCUT2D eigenvalue weighted by atomic mass is 9.80. The number of alkyl halides is 2. The molecule has 0 spiro atoms. The van der Waals surface area contributed by atoms with Gasteiger partial charge in [0.2, 0.25) is 0 Å². The maximum absolute atomic E-state index is 14.7. The third-order valence-electron chi connectivity index (χ3n) is 6.68. The lowest BCUT2D eigenvalue weighted by Gasteiger charge is -2.26. The summed E-state index contributed by atoms with van der Waals surface area (Å²) >= 11 is 0. The number of aryl methyl sites for hydroxylation is 1. The van der Waals surface area contributed by atoms with Gasteiger partial charge in [-0.25, -0.2) is 26.3 Å². The maximum Gasteiger partial charge on any atom is 0.429 e. The Balaban J connectivity index is 1.56. The van der Waals surface area contributed by atoms with Crippen molar-refractivity contribution in [1.82, 2.24) is 0 Å². The van der Waals surface area contributed by atoms with Crippen molar-refractivity contribution in [3.05, 3.63) is 76.4 Å². The van der Waals surface area contributed by atoms with Crippen molar-refractivity contribution < 1.29 is 39.9 Å². The van der Waals surface area contributed by atoms with Crippen LogP contribution in [0, 0.1) is 46.7 Å². The Bertz CT molecular complexity index is 1250. The molecule has 188 valence electrons. The van der Waals surface area contributed by atoms with Gasteiger partial charge in [0.25, 0.3) is 0 Å². The lowest BCUT2D eigenvalue weighted by Crippen LogP contribution is -2.24. The second-order valence-corrected chi connectivity index (χ2v) is 9.17. The van der Waals surface area contributed by atoms with Crippen LogP contribution < -0.4 is 4.74 Å². The molecule has 9 heteroatoms. The normalized spacial score (nSPS) is 18.8. The van der Waals surface area contributed by atoms with Crippen LogP contribution in [0.15, 0.2) is 30.3 Å². The Labute approximate surface area is 196 Å². The highest BCUT2D eigenvalue weighted by molar-refractivity contribution is 5.85. The Morgan fingerprint density at radius 3 is 2.17 bits per heavy atom. The smallest absolute Gasteiger partial charge is 0.429 e. The molecule has 35 heavy (non-hydrogen) atoms. The number of ether oxygens (including phenoxy) is 1. The monoisotopic (exact) mass is 502 g/mol. The summed E-state index contributed by atoms with van der Waals surface area (Å²) < 4.78 is 118. The van der Waals surface area contributed by atoms with Crippen LogP contribution in [0.1, 0.15) is 50.2 Å². The first-order valence-corrected chi connectivity index (χ1v) is 11.3. The summed E-state index contributed by atoms with van der Waals surface area (Å²) in [5.74, 6) is -10.0. The zero-order valence-electron chi connectivity index (χ0n) is 18.7. The molecule has 0 amide bonds. The number of fused-ring (bicyclic) bond motifs is 1. The molecular formula is C26H22F8O. The molecule has 1 nitrogen and oxygen atoms in total. The van der Waals surface area contributed by atoms with E-state index in [1.807, 2.05) is 0 Å². The van der Waals surface area contributed by atoms with Gasteiger partial charge < -0.3 is 4.74 Å². The van der Waals surface area contributed by atoms with E-state index < -0.39 is 63.1 Å². The molecule has 1 fully saturated rings. The molecule has 0 unspecified atom stereocenters. The van der Waals surface area contributed by atoms with Crippen LogP contribution >= 0.6 is 0 Å². The molecule has 0 saturated heterocycles. The second-order valence-electron chi connectivity index (χ2n) is 9.17. The standard InChI is InChI=1S/C26H22F8O/c1-13-2-4-14(5-3-13)6-7-15-8-9-18(23(30)22(15)29)26(33,34)35-17-10-16-11-20(28)24(31)25(32)21(16)19(27)12-17/h8-14H,2-7H2,1H3. The number of benzene rings is 3. The van der Waals surface area contributed by atoms with Crippen molar-refractivity contribution in [2.24, 2.45) is 11.8 Å². The van der Waals surface area contributed by atoms with Crippen LogP contribution in [-0.2, 0) is 12.5 Å². The fourth-order valence-corrected chi connectivity index (χ4v) is 4.61. The molecule has 0 atom stereocenters. The Hall–Kier alpha value is -2.84. The van der Waals surface area contributed by atoms with Crippen molar-refractivity contribution in [3.8, 4) is 5.75 Å². The number of rotatable bonds is 6. The molecule has 1 aliphatic rings. The Kier molecular flexibility index (Phi) is 6.97. The molecule has 3 aromatic carbocycles. The van der Waals surface area contributed by atoms with E-state index in [-0.39, 0.29) is 12.0 Å². The topological polar surface area (TPSA) is 9.23 Å². The second kappa shape index (κ2) is 9.66. The molecule has 0 bridgehead atoms. The van der Waals surface area contributed by atoms with Crippen molar-refractivity contribution in [3.63, 3.8) is 0 Å². The van der Waals surface area contributed by atoms with E-state index in [1.165, 1.54) is 0 Å². The van der Waals surface area contributed by atoms with Crippen molar-refractivity contribution >= 4 is 10.8 Å². The Morgan fingerprint density at radius 1 is 0.800 bits per heavy atom. The highest BCUT2D eigenvalue weighted by Crippen LogP contribution is 2.38. The van der Waals surface area contributed by atoms with E-state index in [0.717, 1.165) is 31.7 Å². The van der Waals surface area contributed by atoms with Gasteiger partial charge in [0.15, 0.2) is 29.1 Å². The number of halogens is 8. The molecule has 0 N–H and O–H groups in total. The van der Waals surface area contributed by atoms with E-state index in [0.29, 0.717) is 42.5 Å². The van der Waals surface area contributed by atoms with Crippen LogP contribution in [0.25, 0.3) is 10.8 Å². The predicted molar refractivity (Wildman–Crippen MR) is 114 cm³/mol. The summed E-state index contributed by atoms with van der Waals surface area (Å²) in [4.78, 5) is 0. The SMILES string of the molecule is CC1CCC(CCc2ccc(C(F)(F)Oc3cc(F)c4c(F)c(F)c(F)cc4c3)c(F)c2F)CC1. The molecule has 0 radical (unpaired) electrons. The van der Waals surface area contributed by atoms with E-state index in [4.69, 9.17) is 0 Å². The average Bonchev–Trinajstić information content (AvgIpc) is 2.78. The van der Waals surface area contributed by atoms with Crippen LogP contribution in [0.3, 0.4) is 0 Å². The molecule has 0 aliphatic heterocycles. The minimum atomic E-state index is -4.44. The van der Waals surface area contributed by atoms with Crippen LogP contribution in [-0.4, -0.2) is 0 Å². The van der Waals surface area contributed by atoms with Gasteiger partial charge in [-0.15, -0.1) is 0 Å². The number of hydrogen-bond donors (Lipinski definition) is 0. The first-order chi connectivity index (χ1) is 16.5. The van der Waals surface area contributed by atoms with Gasteiger partial charge in [0.05, 0.1) is 5.39 Å². The summed E-state index contributed by atoms with van der Waals surface area (Å²) in [5, 5.41) is -1.56. The van der Waals surface area contributed by atoms with Crippen molar-refractivity contribution in [2.75, 3.05) is 0 Å². The number of hydrogen-bond acceptors (Lipinski definition) is 1. The Morgan fingerprint density at radius 2 is 1.49 bits per heavy atom. The highest BCUT2D eigenvalue weighted by Gasteiger charge is 2.39. The van der Waals surface area contributed by atoms with Gasteiger partial charge in [-0.2, -0.15) is 8.78 Å². The van der Waals surface area contributed by atoms with Gasteiger partial charge in [-0.1, -0.05) is 38.7 Å². The van der Waals surface area contributed by atoms with E-state index >= 15 is 0 Å². The predicted octanol–water partition coefficient (Wildman–Crippen LogP) is 8.56. The molecular weight excluding hydrogens is 480 g/mol. The minimum absolute atomic E-state index is 0.0367. The van der Waals surface area contributed by atoms with E-state index in [9.17, 15) is 35.1 Å². The molecule has 1 saturated carbocycles. The van der Waals surface area contributed by atoms with Crippen LogP contribution in [0.2, 0.25) is 0 Å². The lowest BCUT2D eigenvalue weighted by molar-refractivity contribution is -0.187. The first-order valence-electron chi connectivity index (χ1n) is 11.3. The largest absolute Gasteiger partial charge is 0.429 e.